The van der Waals surface area contributed by atoms with E-state index in [1.807, 2.05) is 0 Å². The van der Waals surface area contributed by atoms with Crippen molar-refractivity contribution in [2.75, 3.05) is 0 Å². The summed E-state index contributed by atoms with van der Waals surface area (Å²) < 4.78 is 183. The SMILES string of the molecule is [2H]c1c([2H])c([2H])c(-c2cccc3c2oc2c(-c4c5c([2H])c([2H])c([2H])c([2H])c5c(-c5c([2H])c([2H])c([2H])c6c([2H])c([2H])c([2H])c([2H])c56)c5c([2H])c([2H])c([2H])c([2H])c45)cccc23)c([2H])c1[2H]. The van der Waals surface area contributed by atoms with Gasteiger partial charge in [0.2, 0.25) is 0 Å². The molecule has 9 aromatic rings. The van der Waals surface area contributed by atoms with E-state index in [9.17, 15) is 6.85 Å². The quantitative estimate of drug-likeness (QED) is 0.194. The predicted octanol–water partition coefficient (Wildman–Crippen LogP) is 12.0. The van der Waals surface area contributed by atoms with Gasteiger partial charge in [-0.2, -0.15) is 0 Å². The fourth-order valence-corrected chi connectivity index (χ4v) is 5.74. The van der Waals surface area contributed by atoms with Gasteiger partial charge >= 0.3 is 0 Å². The summed E-state index contributed by atoms with van der Waals surface area (Å²) in [6.07, 6.45) is 0. The standard InChI is InChI=1S/C42H26O/c1-2-13-28(14-3-1)30-22-11-24-36-37-25-12-26-38(42(37)43-41(30)36)40-34-20-8-6-18-32(34)39(33-19-7-9-21-35(33)40)31-23-10-16-27-15-4-5-17-29(27)31/h1-26H/i1D,2D,3D,4D,5D,6D,7D,8D,9D,10D,13D,14D,15D,16D,17D,18D,19D,20D,21D,23D. The number of para-hydroxylation sites is 2. The van der Waals surface area contributed by atoms with E-state index in [4.69, 9.17) is 25.0 Å². The minimum absolute atomic E-state index is 0.00948. The zero-order chi connectivity index (χ0) is 45.7. The van der Waals surface area contributed by atoms with E-state index in [1.54, 1.807) is 24.3 Å². The Hall–Kier alpha value is -5.66. The van der Waals surface area contributed by atoms with E-state index in [-0.39, 0.29) is 44.2 Å². The lowest BCUT2D eigenvalue weighted by Crippen LogP contribution is -1.91. The lowest BCUT2D eigenvalue weighted by molar-refractivity contribution is 0.671. The molecule has 0 fully saturated rings. The van der Waals surface area contributed by atoms with Crippen molar-refractivity contribution in [3.05, 3.63) is 157 Å². The first-order valence-corrected chi connectivity index (χ1v) is 13.1. The summed E-state index contributed by atoms with van der Waals surface area (Å²) in [6, 6.07) is -4.82. The summed E-state index contributed by atoms with van der Waals surface area (Å²) in [5.41, 5.74) is -1.12. The van der Waals surface area contributed by atoms with Crippen LogP contribution in [0.15, 0.2) is 162 Å². The molecule has 0 amide bonds. The molecule has 1 heterocycles. The topological polar surface area (TPSA) is 13.1 Å². The van der Waals surface area contributed by atoms with E-state index < -0.39 is 154 Å². The first kappa shape index (κ1) is 11.6. The molecule has 0 atom stereocenters. The molecule has 43 heavy (non-hydrogen) atoms. The van der Waals surface area contributed by atoms with Gasteiger partial charge in [0.05, 0.1) is 27.4 Å². The Labute approximate surface area is 277 Å². The third kappa shape index (κ3) is 3.58. The second-order valence-electron chi connectivity index (χ2n) is 9.72. The van der Waals surface area contributed by atoms with Gasteiger partial charge in [0.1, 0.15) is 11.2 Å². The molecule has 0 aliphatic carbocycles. The molecule has 0 aliphatic heterocycles. The smallest absolute Gasteiger partial charge is 0.143 e. The molecule has 0 saturated carbocycles. The van der Waals surface area contributed by atoms with Gasteiger partial charge in [-0.05, 0) is 49.0 Å². The summed E-state index contributed by atoms with van der Waals surface area (Å²) in [7, 11) is 0. The fourth-order valence-electron chi connectivity index (χ4n) is 5.74. The Morgan fingerprint density at radius 2 is 0.860 bits per heavy atom. The van der Waals surface area contributed by atoms with E-state index in [1.165, 1.54) is 12.1 Å². The molecule has 9 rings (SSSR count). The maximum Gasteiger partial charge on any atom is 0.143 e. The average molecular weight is 567 g/mol. The molecule has 1 heteroatoms. The average Bonchev–Trinajstić information content (AvgIpc) is 3.66. The van der Waals surface area contributed by atoms with Crippen LogP contribution in [0.3, 0.4) is 0 Å². The highest BCUT2D eigenvalue weighted by Crippen LogP contribution is 2.48. The second-order valence-corrected chi connectivity index (χ2v) is 9.72. The van der Waals surface area contributed by atoms with Gasteiger partial charge in [0.25, 0.3) is 0 Å². The van der Waals surface area contributed by atoms with E-state index in [0.717, 1.165) is 0 Å². The highest BCUT2D eigenvalue weighted by atomic mass is 16.3. The predicted molar refractivity (Wildman–Crippen MR) is 183 cm³/mol. The van der Waals surface area contributed by atoms with Crippen molar-refractivity contribution in [3.63, 3.8) is 0 Å². The van der Waals surface area contributed by atoms with Gasteiger partial charge in [-0.1, -0.05) is 157 Å². The number of benzene rings is 8. The van der Waals surface area contributed by atoms with Crippen LogP contribution in [0.5, 0.6) is 0 Å². The summed E-state index contributed by atoms with van der Waals surface area (Å²) in [6.45, 7) is 0. The maximum absolute atomic E-state index is 9.43. The van der Waals surface area contributed by atoms with Gasteiger partial charge in [-0.25, -0.2) is 0 Å². The lowest BCUT2D eigenvalue weighted by Gasteiger charge is -2.18. The fraction of sp³-hybridized carbons (Fsp3) is 0. The summed E-state index contributed by atoms with van der Waals surface area (Å²) in [5.74, 6) is 0. The van der Waals surface area contributed by atoms with E-state index in [0.29, 0.717) is 10.8 Å². The van der Waals surface area contributed by atoms with Crippen molar-refractivity contribution >= 4 is 54.3 Å². The molecule has 1 aromatic heterocycles. The normalized spacial score (nSPS) is 18.2. The van der Waals surface area contributed by atoms with Crippen molar-refractivity contribution in [2.24, 2.45) is 0 Å². The molecule has 0 radical (unpaired) electrons. The number of fused-ring (bicyclic) bond motifs is 6. The highest BCUT2D eigenvalue weighted by Gasteiger charge is 2.21. The molecule has 0 saturated heterocycles. The third-order valence-corrected chi connectivity index (χ3v) is 7.50. The maximum atomic E-state index is 9.43. The number of furan rings is 1. The molecule has 0 unspecified atom stereocenters. The van der Waals surface area contributed by atoms with Crippen LogP contribution >= 0.6 is 0 Å². The molecule has 0 bridgehead atoms. The Kier molecular flexibility index (Phi) is 2.54. The van der Waals surface area contributed by atoms with Crippen LogP contribution in [0.2, 0.25) is 0 Å². The first-order valence-electron chi connectivity index (χ1n) is 23.1. The number of hydrogen-bond acceptors (Lipinski definition) is 1. The number of hydrogen-bond donors (Lipinski definition) is 0. The third-order valence-electron chi connectivity index (χ3n) is 7.50. The molecule has 0 spiro atoms. The molecular formula is C42H26O. The van der Waals surface area contributed by atoms with E-state index in [2.05, 4.69) is 0 Å². The molecule has 0 N–H and O–H groups in total. The Bertz CT molecular complexity index is 3510. The highest BCUT2D eigenvalue weighted by molar-refractivity contribution is 6.26. The van der Waals surface area contributed by atoms with Crippen LogP contribution in [0.4, 0.5) is 0 Å². The minimum atomic E-state index is -0.823. The summed E-state index contributed by atoms with van der Waals surface area (Å²) in [5, 5.41) is -1.77. The lowest BCUT2D eigenvalue weighted by atomic mass is 9.84. The number of rotatable bonds is 3. The van der Waals surface area contributed by atoms with Gasteiger partial charge in [-0.15, -0.1) is 0 Å². The first-order chi connectivity index (χ1) is 29.7. The summed E-state index contributed by atoms with van der Waals surface area (Å²) >= 11 is 0. The van der Waals surface area contributed by atoms with Crippen LogP contribution in [0.25, 0.3) is 87.6 Å². The summed E-state index contributed by atoms with van der Waals surface area (Å²) in [4.78, 5) is 0. The van der Waals surface area contributed by atoms with Crippen LogP contribution in [0, 0.1) is 0 Å². The Balaban J connectivity index is 1.58. The molecule has 8 aromatic carbocycles. The molecule has 0 aliphatic rings. The Morgan fingerprint density at radius 3 is 1.51 bits per heavy atom. The molecular weight excluding hydrogens is 520 g/mol. The van der Waals surface area contributed by atoms with Gasteiger partial charge in [0.15, 0.2) is 0 Å². The Morgan fingerprint density at radius 1 is 0.372 bits per heavy atom. The molecule has 200 valence electrons. The van der Waals surface area contributed by atoms with Crippen molar-refractivity contribution in [1.29, 1.82) is 0 Å². The zero-order valence-electron chi connectivity index (χ0n) is 41.9. The van der Waals surface area contributed by atoms with Crippen molar-refractivity contribution in [1.82, 2.24) is 0 Å². The van der Waals surface area contributed by atoms with Gasteiger partial charge < -0.3 is 4.42 Å². The zero-order valence-corrected chi connectivity index (χ0v) is 21.9. The monoisotopic (exact) mass is 566 g/mol. The van der Waals surface area contributed by atoms with Crippen molar-refractivity contribution < 1.29 is 31.8 Å². The second kappa shape index (κ2) is 9.44. The van der Waals surface area contributed by atoms with Crippen LogP contribution < -0.4 is 0 Å². The molecule has 1 nitrogen and oxygen atoms in total. The van der Waals surface area contributed by atoms with Crippen LogP contribution in [-0.4, -0.2) is 0 Å². The minimum Gasteiger partial charge on any atom is -0.455 e. The van der Waals surface area contributed by atoms with Crippen LogP contribution in [0.1, 0.15) is 27.4 Å². The van der Waals surface area contributed by atoms with E-state index >= 15 is 0 Å². The van der Waals surface area contributed by atoms with Crippen molar-refractivity contribution in [3.8, 4) is 33.4 Å². The van der Waals surface area contributed by atoms with Gasteiger partial charge in [-0.3, -0.25) is 0 Å². The largest absolute Gasteiger partial charge is 0.455 e. The van der Waals surface area contributed by atoms with Crippen LogP contribution in [-0.2, 0) is 0 Å². The van der Waals surface area contributed by atoms with Gasteiger partial charge in [0, 0.05) is 27.5 Å². The van der Waals surface area contributed by atoms with Crippen molar-refractivity contribution in [2.45, 2.75) is 0 Å².